The quantitative estimate of drug-likeness (QED) is 0.122. The molecule has 0 amide bonds. The minimum absolute atomic E-state index is 0.0473. The molecule has 0 aliphatic carbocycles. The molecule has 0 N–H and O–H groups in total. The van der Waals surface area contributed by atoms with Crippen LogP contribution in [0.25, 0.3) is 0 Å². The van der Waals surface area contributed by atoms with Gasteiger partial charge >= 0.3 is 49.4 Å². The first-order chi connectivity index (χ1) is 27.9. The second kappa shape index (κ2) is 16.9. The van der Waals surface area contributed by atoms with Crippen LogP contribution in [-0.4, -0.2) is 5.40 Å². The van der Waals surface area contributed by atoms with E-state index >= 15 is 0 Å². The van der Waals surface area contributed by atoms with Crippen LogP contribution in [0.1, 0.15) is 64.3 Å². The summed E-state index contributed by atoms with van der Waals surface area (Å²) in [6, 6.07) is -1.46. The highest BCUT2D eigenvalue weighted by molar-refractivity contribution is 7.89. The summed E-state index contributed by atoms with van der Waals surface area (Å²) in [5.74, 6) is 0. The molecular weight excluding hydrogens is 950 g/mol. The topological polar surface area (TPSA) is 0 Å². The van der Waals surface area contributed by atoms with E-state index < -0.39 is 149 Å². The first-order valence-electron chi connectivity index (χ1n) is 16.5. The Kier molecular flexibility index (Phi) is 13.8. The van der Waals surface area contributed by atoms with E-state index in [4.69, 9.17) is 0 Å². The maximum absolute atomic E-state index is 15.0. The van der Waals surface area contributed by atoms with Gasteiger partial charge in [-0.3, -0.25) is 0 Å². The third-order valence-corrected chi connectivity index (χ3v) is 15.4. The van der Waals surface area contributed by atoms with E-state index in [2.05, 4.69) is 0 Å². The number of alkyl halides is 24. The molecule has 0 atom stereocenters. The van der Waals surface area contributed by atoms with Crippen molar-refractivity contribution in [1.29, 1.82) is 0 Å². The molecule has 0 bridgehead atoms. The summed E-state index contributed by atoms with van der Waals surface area (Å²) in [5.41, 5.74) is -23.2. The Morgan fingerprint density at radius 1 is 0.323 bits per heavy atom. The maximum Gasteiger partial charge on any atom is 0.417 e. The molecular formula is C36H20F24P2. The van der Waals surface area contributed by atoms with E-state index in [1.165, 1.54) is 0 Å². The van der Waals surface area contributed by atoms with Gasteiger partial charge in [-0.05, 0) is 67.7 Å². The monoisotopic (exact) mass is 970 g/mol. The summed E-state index contributed by atoms with van der Waals surface area (Å²) in [4.78, 5) is 0. The standard InChI is InChI=1S/C36H20F24P2/c1-2-7-24(61(20-12-3-8-16(29(37,38)39)25(20)33(49,50)51)21-13-4-9-17(30(40,41)42)26(21)34(52,53)54)62(22-14-5-10-18(31(43,44)45)27(22)35(55,56)57)23-15-6-11-19(32(46,47)48)28(23)36(58,59)60/h3-6,8-15,24H,2,7H2,1H3. The Hall–Kier alpha value is -3.94. The van der Waals surface area contributed by atoms with Crippen molar-refractivity contribution in [2.45, 2.75) is 74.6 Å². The van der Waals surface area contributed by atoms with Crippen molar-refractivity contribution < 1.29 is 105 Å². The lowest BCUT2D eigenvalue weighted by Crippen LogP contribution is -2.38. The van der Waals surface area contributed by atoms with Crippen LogP contribution >= 0.6 is 15.8 Å². The van der Waals surface area contributed by atoms with Gasteiger partial charge in [0, 0.05) is 5.40 Å². The Morgan fingerprint density at radius 2 is 0.516 bits per heavy atom. The number of benzene rings is 4. The van der Waals surface area contributed by atoms with Crippen LogP contribution < -0.4 is 21.2 Å². The SMILES string of the molecule is CCCC(P(c1cccc(C(F)(F)F)c1C(F)(F)F)c1cccc(C(F)(F)F)c1C(F)(F)F)P(c1cccc(C(F)(F)F)c1C(F)(F)F)c1cccc(C(F)(F)F)c1C(F)(F)F. The highest BCUT2D eigenvalue weighted by Crippen LogP contribution is 2.64. The Labute approximate surface area is 334 Å². The molecule has 4 aromatic rings. The predicted molar refractivity (Wildman–Crippen MR) is 177 cm³/mol. The Bertz CT molecular complexity index is 1930. The molecule has 0 unspecified atom stereocenters. The molecule has 0 fully saturated rings. The lowest BCUT2D eigenvalue weighted by Gasteiger charge is -2.40. The van der Waals surface area contributed by atoms with E-state index in [-0.39, 0.29) is 72.8 Å². The van der Waals surface area contributed by atoms with Gasteiger partial charge < -0.3 is 0 Å². The van der Waals surface area contributed by atoms with E-state index in [0.717, 1.165) is 6.92 Å². The van der Waals surface area contributed by atoms with Crippen molar-refractivity contribution in [1.82, 2.24) is 0 Å². The molecule has 0 radical (unpaired) electrons. The average Bonchev–Trinajstić information content (AvgIpc) is 3.08. The molecule has 342 valence electrons. The largest absolute Gasteiger partial charge is 0.417 e. The summed E-state index contributed by atoms with van der Waals surface area (Å²) < 4.78 is 352. The summed E-state index contributed by atoms with van der Waals surface area (Å²) in [7, 11) is -9.37. The lowest BCUT2D eigenvalue weighted by atomic mass is 10.1. The second-order valence-corrected chi connectivity index (χ2v) is 17.9. The molecule has 0 saturated heterocycles. The fourth-order valence-corrected chi connectivity index (χ4v) is 14.8. The van der Waals surface area contributed by atoms with Crippen LogP contribution in [0.2, 0.25) is 0 Å². The fourth-order valence-electron chi connectivity index (χ4n) is 6.63. The van der Waals surface area contributed by atoms with Gasteiger partial charge in [-0.1, -0.05) is 61.9 Å². The molecule has 62 heavy (non-hydrogen) atoms. The molecule has 4 aromatic carbocycles. The first kappa shape index (κ1) is 50.7. The van der Waals surface area contributed by atoms with E-state index in [1.807, 2.05) is 0 Å². The maximum atomic E-state index is 15.0. The summed E-state index contributed by atoms with van der Waals surface area (Å²) in [6.07, 6.45) is -52.8. The van der Waals surface area contributed by atoms with Crippen LogP contribution in [0.15, 0.2) is 72.8 Å². The number of hydrogen-bond acceptors (Lipinski definition) is 0. The van der Waals surface area contributed by atoms with Crippen LogP contribution in [0.5, 0.6) is 0 Å². The third-order valence-electron chi connectivity index (χ3n) is 8.71. The smallest absolute Gasteiger partial charge is 0.166 e. The van der Waals surface area contributed by atoms with E-state index in [9.17, 15) is 105 Å². The van der Waals surface area contributed by atoms with Crippen molar-refractivity contribution in [3.05, 3.63) is 117 Å². The third kappa shape index (κ3) is 10.5. The van der Waals surface area contributed by atoms with Gasteiger partial charge in [-0.2, -0.15) is 105 Å². The van der Waals surface area contributed by atoms with Crippen molar-refractivity contribution in [2.24, 2.45) is 0 Å². The zero-order chi connectivity index (χ0) is 47.6. The summed E-state index contributed by atoms with van der Waals surface area (Å²) in [6.45, 7) is 0.856. The summed E-state index contributed by atoms with van der Waals surface area (Å²) >= 11 is 0. The minimum Gasteiger partial charge on any atom is -0.166 e. The van der Waals surface area contributed by atoms with Gasteiger partial charge in [0.2, 0.25) is 0 Å². The van der Waals surface area contributed by atoms with Crippen LogP contribution in [0.3, 0.4) is 0 Å². The molecule has 4 rings (SSSR count). The van der Waals surface area contributed by atoms with E-state index in [1.54, 1.807) is 0 Å². The lowest BCUT2D eigenvalue weighted by molar-refractivity contribution is -0.161. The molecule has 0 nitrogen and oxygen atoms in total. The van der Waals surface area contributed by atoms with Gasteiger partial charge in [-0.25, -0.2) is 0 Å². The van der Waals surface area contributed by atoms with Gasteiger partial charge in [0.25, 0.3) is 0 Å². The summed E-state index contributed by atoms with van der Waals surface area (Å²) in [5, 5.41) is -11.6. The zero-order valence-electron chi connectivity index (χ0n) is 29.9. The van der Waals surface area contributed by atoms with Crippen molar-refractivity contribution in [2.75, 3.05) is 0 Å². The number of hydrogen-bond donors (Lipinski definition) is 0. The molecule has 26 heteroatoms. The Balaban J connectivity index is 2.53. The van der Waals surface area contributed by atoms with Crippen LogP contribution in [0.4, 0.5) is 105 Å². The zero-order valence-corrected chi connectivity index (χ0v) is 31.7. The van der Waals surface area contributed by atoms with Crippen molar-refractivity contribution in [3.63, 3.8) is 0 Å². The molecule has 0 aliphatic heterocycles. The second-order valence-electron chi connectivity index (χ2n) is 12.8. The van der Waals surface area contributed by atoms with Crippen molar-refractivity contribution in [3.8, 4) is 0 Å². The number of halogens is 24. The van der Waals surface area contributed by atoms with Gasteiger partial charge in [-0.15, -0.1) is 0 Å². The highest BCUT2D eigenvalue weighted by Gasteiger charge is 2.55. The molecule has 0 spiro atoms. The highest BCUT2D eigenvalue weighted by atomic mass is 31.2. The molecule has 0 saturated carbocycles. The predicted octanol–water partition coefficient (Wildman–Crippen LogP) is 14.5. The molecule has 0 aliphatic rings. The average molecular weight is 970 g/mol. The molecule has 0 aromatic heterocycles. The van der Waals surface area contributed by atoms with E-state index in [0.29, 0.717) is 0 Å². The molecule has 0 heterocycles. The Morgan fingerprint density at radius 3 is 0.661 bits per heavy atom. The van der Waals surface area contributed by atoms with Gasteiger partial charge in [0.05, 0.1) is 44.5 Å². The van der Waals surface area contributed by atoms with Gasteiger partial charge in [0.15, 0.2) is 0 Å². The van der Waals surface area contributed by atoms with Crippen molar-refractivity contribution >= 4 is 37.1 Å². The van der Waals surface area contributed by atoms with Gasteiger partial charge in [0.1, 0.15) is 0 Å². The fraction of sp³-hybridized carbons (Fsp3) is 0.333. The van der Waals surface area contributed by atoms with Crippen LogP contribution in [0, 0.1) is 0 Å². The minimum atomic E-state index is -6.44. The first-order valence-corrected chi connectivity index (χ1v) is 19.4. The normalized spacial score (nSPS) is 14.1. The van der Waals surface area contributed by atoms with Crippen LogP contribution in [-0.2, 0) is 49.4 Å². The number of rotatable bonds is 8.